The lowest BCUT2D eigenvalue weighted by Gasteiger charge is -2.27. The Bertz CT molecular complexity index is 1120. The van der Waals surface area contributed by atoms with Crippen molar-refractivity contribution in [2.24, 2.45) is 0 Å². The highest BCUT2D eigenvalue weighted by Gasteiger charge is 2.54. The van der Waals surface area contributed by atoms with Gasteiger partial charge in [0.1, 0.15) is 42.4 Å². The Balaban J connectivity index is 1.45. The molecule has 0 spiro atoms. The predicted octanol–water partition coefficient (Wildman–Crippen LogP) is 1.13. The molecule has 4 atom stereocenters. The van der Waals surface area contributed by atoms with E-state index in [-0.39, 0.29) is 12.4 Å². The standard InChI is InChI=1S/C21H25N5O6/c1-20(2,14-6-4-5-9-23-14)32-19(29)30-10-13-16(27)17(28)21(3,31-13)15-8-7-12-18(22)24-11-25-26(12)15/h4-9,11,13,16-17,27-28H,10H2,1-3H3,(H2,22,24,25)/t13-,16-,17-,21+/m1/s1. The number of ether oxygens (including phenoxy) is 3. The Morgan fingerprint density at radius 1 is 1.28 bits per heavy atom. The maximum absolute atomic E-state index is 12.3. The summed E-state index contributed by atoms with van der Waals surface area (Å²) in [5, 5.41) is 25.5. The molecule has 1 saturated heterocycles. The Morgan fingerprint density at radius 2 is 2.06 bits per heavy atom. The van der Waals surface area contributed by atoms with E-state index in [1.54, 1.807) is 57.3 Å². The average Bonchev–Trinajstić information content (AvgIpc) is 3.30. The van der Waals surface area contributed by atoms with Crippen molar-refractivity contribution >= 4 is 17.5 Å². The molecule has 4 rings (SSSR count). The Labute approximate surface area is 183 Å². The number of anilines is 1. The zero-order chi connectivity index (χ0) is 23.1. The first-order valence-corrected chi connectivity index (χ1v) is 10.0. The summed E-state index contributed by atoms with van der Waals surface area (Å²) >= 11 is 0. The number of carbonyl (C=O) groups excluding carboxylic acids is 1. The van der Waals surface area contributed by atoms with E-state index in [1.807, 2.05) is 0 Å². The summed E-state index contributed by atoms with van der Waals surface area (Å²) in [6, 6.07) is 8.65. The van der Waals surface area contributed by atoms with Gasteiger partial charge < -0.3 is 30.2 Å². The van der Waals surface area contributed by atoms with Crippen molar-refractivity contribution in [2.75, 3.05) is 12.3 Å². The van der Waals surface area contributed by atoms with Gasteiger partial charge in [-0.25, -0.2) is 14.3 Å². The lowest BCUT2D eigenvalue weighted by atomic mass is 9.93. The van der Waals surface area contributed by atoms with Gasteiger partial charge in [-0.2, -0.15) is 5.10 Å². The molecule has 1 fully saturated rings. The Hall–Kier alpha value is -3.28. The average molecular weight is 443 g/mol. The van der Waals surface area contributed by atoms with Crippen LogP contribution < -0.4 is 5.73 Å². The first-order valence-electron chi connectivity index (χ1n) is 10.0. The van der Waals surface area contributed by atoms with Gasteiger partial charge in [-0.15, -0.1) is 0 Å². The van der Waals surface area contributed by atoms with Crippen LogP contribution in [0.2, 0.25) is 0 Å². The number of aliphatic hydroxyl groups excluding tert-OH is 2. The number of nitrogen functional groups attached to an aromatic ring is 1. The van der Waals surface area contributed by atoms with Crippen LogP contribution in [0.15, 0.2) is 42.9 Å². The summed E-state index contributed by atoms with van der Waals surface area (Å²) in [6.45, 7) is 4.65. The highest BCUT2D eigenvalue weighted by atomic mass is 16.7. The number of nitrogens with two attached hydrogens (primary N) is 1. The monoisotopic (exact) mass is 443 g/mol. The van der Waals surface area contributed by atoms with Crippen LogP contribution in [0.25, 0.3) is 5.52 Å². The van der Waals surface area contributed by atoms with E-state index in [4.69, 9.17) is 19.9 Å². The van der Waals surface area contributed by atoms with Crippen molar-refractivity contribution in [3.8, 4) is 0 Å². The van der Waals surface area contributed by atoms with E-state index < -0.39 is 35.7 Å². The molecule has 11 heteroatoms. The van der Waals surface area contributed by atoms with Crippen LogP contribution in [0.4, 0.5) is 10.6 Å². The number of aliphatic hydroxyl groups is 2. The SMILES string of the molecule is CC(C)(OC(=O)OC[C@H]1O[C@@](C)(c2ccc3c(N)ncnn23)[C@H](O)[C@@H]1O)c1ccccn1. The molecule has 0 unspecified atom stereocenters. The molecule has 0 bridgehead atoms. The summed E-state index contributed by atoms with van der Waals surface area (Å²) in [5.74, 6) is 0.265. The largest absolute Gasteiger partial charge is 0.509 e. The number of rotatable bonds is 5. The highest BCUT2D eigenvalue weighted by molar-refractivity contribution is 5.65. The maximum Gasteiger partial charge on any atom is 0.509 e. The van der Waals surface area contributed by atoms with E-state index in [9.17, 15) is 15.0 Å². The molecule has 4 N–H and O–H groups in total. The number of hydrogen-bond donors (Lipinski definition) is 3. The summed E-state index contributed by atoms with van der Waals surface area (Å²) in [6.07, 6.45) is -1.70. The molecule has 3 aromatic heterocycles. The molecule has 0 aromatic carbocycles. The Morgan fingerprint density at radius 3 is 2.78 bits per heavy atom. The molecule has 0 radical (unpaired) electrons. The summed E-state index contributed by atoms with van der Waals surface area (Å²) in [7, 11) is 0. The molecule has 1 aliphatic heterocycles. The van der Waals surface area contributed by atoms with Gasteiger partial charge in [0.2, 0.25) is 0 Å². The van der Waals surface area contributed by atoms with Crippen LogP contribution in [-0.4, -0.2) is 60.9 Å². The van der Waals surface area contributed by atoms with Gasteiger partial charge in [0.15, 0.2) is 11.4 Å². The van der Waals surface area contributed by atoms with Crippen molar-refractivity contribution in [1.82, 2.24) is 19.6 Å². The van der Waals surface area contributed by atoms with Gasteiger partial charge in [0.25, 0.3) is 0 Å². The van der Waals surface area contributed by atoms with Gasteiger partial charge >= 0.3 is 6.16 Å². The lowest BCUT2D eigenvalue weighted by Crippen LogP contribution is -2.39. The van der Waals surface area contributed by atoms with Crippen molar-refractivity contribution in [3.05, 3.63) is 54.2 Å². The number of pyridine rings is 1. The van der Waals surface area contributed by atoms with Crippen LogP contribution in [0.3, 0.4) is 0 Å². The van der Waals surface area contributed by atoms with Crippen LogP contribution >= 0.6 is 0 Å². The summed E-state index contributed by atoms with van der Waals surface area (Å²) in [4.78, 5) is 20.4. The number of nitrogens with zero attached hydrogens (tertiary/aromatic N) is 4. The third-order valence-corrected chi connectivity index (χ3v) is 5.64. The second-order valence-electron chi connectivity index (χ2n) is 8.25. The highest BCUT2D eigenvalue weighted by Crippen LogP contribution is 2.40. The van der Waals surface area contributed by atoms with Crippen LogP contribution in [0.5, 0.6) is 0 Å². The molecule has 11 nitrogen and oxygen atoms in total. The zero-order valence-corrected chi connectivity index (χ0v) is 17.9. The molecule has 3 aromatic rings. The second-order valence-corrected chi connectivity index (χ2v) is 8.25. The van der Waals surface area contributed by atoms with Gasteiger partial charge in [-0.1, -0.05) is 6.07 Å². The number of aromatic nitrogens is 4. The molecule has 4 heterocycles. The number of hydrogen-bond acceptors (Lipinski definition) is 10. The minimum Gasteiger partial charge on any atom is -0.431 e. The molecular formula is C21H25N5O6. The third-order valence-electron chi connectivity index (χ3n) is 5.64. The first-order chi connectivity index (χ1) is 15.1. The van der Waals surface area contributed by atoms with E-state index in [0.29, 0.717) is 16.9 Å². The van der Waals surface area contributed by atoms with Gasteiger partial charge in [0.05, 0.1) is 11.4 Å². The smallest absolute Gasteiger partial charge is 0.431 e. The van der Waals surface area contributed by atoms with Crippen LogP contribution in [0, 0.1) is 0 Å². The number of carbonyl (C=O) groups is 1. The Kier molecular flexibility index (Phi) is 5.49. The topological polar surface area (TPSA) is 154 Å². The van der Waals surface area contributed by atoms with Gasteiger partial charge in [0, 0.05) is 6.20 Å². The minimum absolute atomic E-state index is 0.265. The molecule has 0 amide bonds. The molecule has 0 aliphatic carbocycles. The van der Waals surface area contributed by atoms with Crippen LogP contribution in [0.1, 0.15) is 32.2 Å². The molecule has 0 saturated carbocycles. The summed E-state index contributed by atoms with van der Waals surface area (Å²) < 4.78 is 18.0. The predicted molar refractivity (Wildman–Crippen MR) is 111 cm³/mol. The molecule has 1 aliphatic rings. The number of fused-ring (bicyclic) bond motifs is 1. The van der Waals surface area contributed by atoms with Gasteiger partial charge in [-0.3, -0.25) is 4.98 Å². The quantitative estimate of drug-likeness (QED) is 0.489. The molecular weight excluding hydrogens is 418 g/mol. The van der Waals surface area contributed by atoms with E-state index >= 15 is 0 Å². The third kappa shape index (κ3) is 3.74. The van der Waals surface area contributed by atoms with E-state index in [1.165, 1.54) is 10.8 Å². The second kappa shape index (κ2) is 8.01. The normalized spacial score (nSPS) is 25.7. The summed E-state index contributed by atoms with van der Waals surface area (Å²) in [5.41, 5.74) is 5.07. The van der Waals surface area contributed by atoms with Gasteiger partial charge in [-0.05, 0) is 45.0 Å². The van der Waals surface area contributed by atoms with Crippen molar-refractivity contribution in [3.63, 3.8) is 0 Å². The zero-order valence-electron chi connectivity index (χ0n) is 17.9. The fraction of sp³-hybridized carbons (Fsp3) is 0.429. The minimum atomic E-state index is -1.34. The fourth-order valence-corrected chi connectivity index (χ4v) is 3.82. The van der Waals surface area contributed by atoms with Crippen molar-refractivity contribution < 1.29 is 29.2 Å². The molecule has 170 valence electrons. The van der Waals surface area contributed by atoms with Crippen molar-refractivity contribution in [2.45, 2.75) is 50.3 Å². The van der Waals surface area contributed by atoms with Crippen molar-refractivity contribution in [1.29, 1.82) is 0 Å². The first kappa shape index (κ1) is 21.9. The fourth-order valence-electron chi connectivity index (χ4n) is 3.82. The lowest BCUT2D eigenvalue weighted by molar-refractivity contribution is -0.0989. The maximum atomic E-state index is 12.3. The van der Waals surface area contributed by atoms with E-state index in [2.05, 4.69) is 15.1 Å². The van der Waals surface area contributed by atoms with Crippen LogP contribution in [-0.2, 0) is 25.4 Å². The van der Waals surface area contributed by atoms with E-state index in [0.717, 1.165) is 0 Å². The molecule has 32 heavy (non-hydrogen) atoms.